The summed E-state index contributed by atoms with van der Waals surface area (Å²) in [6.07, 6.45) is 8.69. The van der Waals surface area contributed by atoms with Gasteiger partial charge < -0.3 is 15.6 Å². The van der Waals surface area contributed by atoms with Crippen LogP contribution in [0.2, 0.25) is 0 Å². The zero-order valence-electron chi connectivity index (χ0n) is 13.6. The molecule has 1 saturated heterocycles. The third-order valence-corrected chi connectivity index (χ3v) is 5.86. The minimum absolute atomic E-state index is 0.0850. The van der Waals surface area contributed by atoms with Crippen LogP contribution in [0.5, 0.6) is 0 Å². The second-order valence-electron chi connectivity index (χ2n) is 7.78. The van der Waals surface area contributed by atoms with Crippen molar-refractivity contribution in [3.8, 4) is 0 Å². The minimum atomic E-state index is -0.638. The van der Waals surface area contributed by atoms with Gasteiger partial charge in [0.1, 0.15) is 0 Å². The van der Waals surface area contributed by atoms with Crippen molar-refractivity contribution in [1.82, 2.24) is 0 Å². The molecule has 0 aromatic heterocycles. The Kier molecular flexibility index (Phi) is 4.83. The summed E-state index contributed by atoms with van der Waals surface area (Å²) >= 11 is 0. The number of nitrogens with two attached hydrogens (primary N) is 1. The first kappa shape index (κ1) is 16.3. The summed E-state index contributed by atoms with van der Waals surface area (Å²) in [4.78, 5) is 0. The molecule has 0 aromatic carbocycles. The number of rotatable bonds is 4. The van der Waals surface area contributed by atoms with Crippen molar-refractivity contribution in [2.24, 2.45) is 17.1 Å². The van der Waals surface area contributed by atoms with E-state index in [2.05, 4.69) is 20.8 Å². The smallest absolute Gasteiger partial charge is 0.0764 e. The molecule has 118 valence electrons. The molecule has 3 N–H and O–H groups in total. The summed E-state index contributed by atoms with van der Waals surface area (Å²) < 4.78 is 5.80. The Bertz CT molecular complexity index is 321. The highest BCUT2D eigenvalue weighted by Crippen LogP contribution is 2.52. The van der Waals surface area contributed by atoms with E-state index >= 15 is 0 Å². The predicted octanol–water partition coefficient (Wildman–Crippen LogP) is 3.24. The zero-order valence-corrected chi connectivity index (χ0v) is 13.6. The second-order valence-corrected chi connectivity index (χ2v) is 7.78. The lowest BCUT2D eigenvalue weighted by Gasteiger charge is -2.55. The van der Waals surface area contributed by atoms with Crippen molar-refractivity contribution < 1.29 is 9.84 Å². The predicted molar refractivity (Wildman–Crippen MR) is 82.6 cm³/mol. The maximum Gasteiger partial charge on any atom is 0.0764 e. The van der Waals surface area contributed by atoms with Gasteiger partial charge in [0.2, 0.25) is 0 Å². The summed E-state index contributed by atoms with van der Waals surface area (Å²) in [5, 5.41) is 11.3. The van der Waals surface area contributed by atoms with Gasteiger partial charge in [-0.2, -0.15) is 0 Å². The van der Waals surface area contributed by atoms with Gasteiger partial charge in [0, 0.05) is 24.8 Å². The van der Waals surface area contributed by atoms with Crippen molar-refractivity contribution in [2.45, 2.75) is 83.3 Å². The van der Waals surface area contributed by atoms with Crippen molar-refractivity contribution in [3.63, 3.8) is 0 Å². The molecule has 2 fully saturated rings. The number of aliphatic hydroxyl groups is 1. The highest BCUT2D eigenvalue weighted by atomic mass is 16.5. The van der Waals surface area contributed by atoms with Crippen LogP contribution in [-0.2, 0) is 4.74 Å². The zero-order chi connectivity index (χ0) is 14.9. The van der Waals surface area contributed by atoms with Crippen LogP contribution in [-0.4, -0.2) is 29.5 Å². The summed E-state index contributed by atoms with van der Waals surface area (Å²) in [5.74, 6) is 0.844. The molecule has 1 saturated carbocycles. The van der Waals surface area contributed by atoms with Crippen LogP contribution < -0.4 is 5.73 Å². The van der Waals surface area contributed by atoms with E-state index in [0.717, 1.165) is 31.6 Å². The Morgan fingerprint density at radius 3 is 2.35 bits per heavy atom. The van der Waals surface area contributed by atoms with E-state index in [1.807, 2.05) is 0 Å². The summed E-state index contributed by atoms with van der Waals surface area (Å²) in [7, 11) is 0. The van der Waals surface area contributed by atoms with Crippen LogP contribution in [0, 0.1) is 11.3 Å². The van der Waals surface area contributed by atoms with Gasteiger partial charge in [-0.05, 0) is 45.4 Å². The topological polar surface area (TPSA) is 55.5 Å². The molecule has 2 rings (SSSR count). The molecule has 1 unspecified atom stereocenters. The van der Waals surface area contributed by atoms with Gasteiger partial charge in [-0.3, -0.25) is 0 Å². The molecule has 1 aliphatic heterocycles. The Hall–Kier alpha value is -0.120. The van der Waals surface area contributed by atoms with E-state index in [9.17, 15) is 5.11 Å². The average Bonchev–Trinajstić information content (AvgIpc) is 2.38. The Morgan fingerprint density at radius 1 is 1.20 bits per heavy atom. The highest BCUT2D eigenvalue weighted by molar-refractivity contribution is 5.06. The van der Waals surface area contributed by atoms with E-state index in [1.54, 1.807) is 0 Å². The molecule has 1 atom stereocenters. The third kappa shape index (κ3) is 3.05. The quantitative estimate of drug-likeness (QED) is 0.833. The van der Waals surface area contributed by atoms with Gasteiger partial charge in [0.25, 0.3) is 0 Å². The van der Waals surface area contributed by atoms with E-state index in [-0.39, 0.29) is 11.0 Å². The fraction of sp³-hybridized carbons (Fsp3) is 1.00. The molecule has 20 heavy (non-hydrogen) atoms. The van der Waals surface area contributed by atoms with Crippen molar-refractivity contribution in [1.29, 1.82) is 0 Å². The molecular formula is C17H33NO2. The van der Waals surface area contributed by atoms with Crippen LogP contribution >= 0.6 is 0 Å². The van der Waals surface area contributed by atoms with Crippen LogP contribution in [0.15, 0.2) is 0 Å². The van der Waals surface area contributed by atoms with Crippen molar-refractivity contribution in [3.05, 3.63) is 0 Å². The summed E-state index contributed by atoms with van der Waals surface area (Å²) in [5.41, 5.74) is 5.21. The van der Waals surface area contributed by atoms with Gasteiger partial charge in [-0.1, -0.05) is 19.8 Å². The molecule has 0 bridgehead atoms. The van der Waals surface area contributed by atoms with Crippen LogP contribution in [0.4, 0.5) is 0 Å². The molecule has 1 heterocycles. The molecule has 0 aromatic rings. The lowest BCUT2D eigenvalue weighted by molar-refractivity contribution is -0.202. The summed E-state index contributed by atoms with van der Waals surface area (Å²) in [6.45, 7) is 7.70. The minimum Gasteiger partial charge on any atom is -0.389 e. The van der Waals surface area contributed by atoms with E-state index in [1.165, 1.54) is 25.7 Å². The third-order valence-electron chi connectivity index (χ3n) is 5.86. The van der Waals surface area contributed by atoms with Gasteiger partial charge in [-0.15, -0.1) is 0 Å². The molecule has 0 spiro atoms. The molecule has 0 amide bonds. The number of ether oxygens (including phenoxy) is 1. The standard InChI is InChI=1S/C17H33NO2/c1-4-5-14-6-8-16(13-18,9-7-14)17(19)10-11-20-15(2,3)12-17/h14,19H,4-13,18H2,1-3H3. The lowest BCUT2D eigenvalue weighted by atomic mass is 9.57. The van der Waals surface area contributed by atoms with E-state index in [4.69, 9.17) is 10.5 Å². The van der Waals surface area contributed by atoms with Crippen molar-refractivity contribution >= 4 is 0 Å². The van der Waals surface area contributed by atoms with E-state index in [0.29, 0.717) is 13.2 Å². The molecule has 3 heteroatoms. The maximum absolute atomic E-state index is 11.3. The maximum atomic E-state index is 11.3. The number of hydrogen-bond acceptors (Lipinski definition) is 3. The molecule has 2 aliphatic rings. The monoisotopic (exact) mass is 283 g/mol. The first-order chi connectivity index (χ1) is 9.36. The molecule has 1 aliphatic carbocycles. The van der Waals surface area contributed by atoms with Gasteiger partial charge in [0.05, 0.1) is 17.8 Å². The fourth-order valence-corrected chi connectivity index (χ4v) is 4.58. The van der Waals surface area contributed by atoms with Crippen LogP contribution in [0.1, 0.15) is 72.1 Å². The fourth-order valence-electron chi connectivity index (χ4n) is 4.58. The van der Waals surface area contributed by atoms with Crippen LogP contribution in [0.3, 0.4) is 0 Å². The SMILES string of the molecule is CCCC1CCC(CN)(C2(O)CCOC(C)(C)C2)CC1. The van der Waals surface area contributed by atoms with Gasteiger partial charge in [0.15, 0.2) is 0 Å². The molecule has 0 radical (unpaired) electrons. The molecular weight excluding hydrogens is 250 g/mol. The largest absolute Gasteiger partial charge is 0.389 e. The Morgan fingerprint density at radius 2 is 1.85 bits per heavy atom. The first-order valence-corrected chi connectivity index (χ1v) is 8.43. The Labute approximate surface area is 124 Å². The Balaban J connectivity index is 2.11. The first-order valence-electron chi connectivity index (χ1n) is 8.43. The summed E-state index contributed by atoms with van der Waals surface area (Å²) in [6, 6.07) is 0. The normalized spacial score (nSPS) is 41.5. The van der Waals surface area contributed by atoms with E-state index < -0.39 is 5.60 Å². The number of hydrogen-bond donors (Lipinski definition) is 2. The average molecular weight is 283 g/mol. The highest BCUT2D eigenvalue weighted by Gasteiger charge is 2.54. The second kappa shape index (κ2) is 5.94. The lowest BCUT2D eigenvalue weighted by Crippen LogP contribution is -2.60. The van der Waals surface area contributed by atoms with Gasteiger partial charge >= 0.3 is 0 Å². The van der Waals surface area contributed by atoms with Gasteiger partial charge in [-0.25, -0.2) is 0 Å². The molecule has 3 nitrogen and oxygen atoms in total. The van der Waals surface area contributed by atoms with Crippen molar-refractivity contribution in [2.75, 3.05) is 13.2 Å². The van der Waals surface area contributed by atoms with Crippen LogP contribution in [0.25, 0.3) is 0 Å².